The first-order valence-corrected chi connectivity index (χ1v) is 6.79. The summed E-state index contributed by atoms with van der Waals surface area (Å²) in [6, 6.07) is 10.3. The van der Waals surface area contributed by atoms with Gasteiger partial charge in [0, 0.05) is 10.0 Å². The Kier molecular flexibility index (Phi) is 4.80. The number of hydrogen-bond acceptors (Lipinski definition) is 2. The molecule has 1 amide bonds. The van der Waals surface area contributed by atoms with Crippen molar-refractivity contribution < 1.29 is 18.4 Å². The number of rotatable bonds is 4. The van der Waals surface area contributed by atoms with Crippen LogP contribution in [0.15, 0.2) is 46.9 Å². The predicted octanol–water partition coefficient (Wildman–Crippen LogP) is 3.34. The number of benzene rings is 2. The molecule has 6 heteroatoms. The van der Waals surface area contributed by atoms with Crippen LogP contribution in [0.2, 0.25) is 0 Å². The summed E-state index contributed by atoms with van der Waals surface area (Å²) in [5.74, 6) is -3.30. The summed E-state index contributed by atoms with van der Waals surface area (Å²) in [7, 11) is 0. The highest BCUT2D eigenvalue weighted by Gasteiger charge is 2.19. The lowest BCUT2D eigenvalue weighted by Crippen LogP contribution is -2.31. The van der Waals surface area contributed by atoms with Crippen LogP contribution >= 0.6 is 15.9 Å². The average Bonchev–Trinajstić information content (AvgIpc) is 2.44. The zero-order valence-electron chi connectivity index (χ0n) is 10.7. The van der Waals surface area contributed by atoms with Crippen molar-refractivity contribution in [3.05, 3.63) is 69.7 Å². The third kappa shape index (κ3) is 3.72. The van der Waals surface area contributed by atoms with Gasteiger partial charge in [-0.05, 0) is 12.1 Å². The fourth-order valence-corrected chi connectivity index (χ4v) is 2.14. The van der Waals surface area contributed by atoms with E-state index < -0.39 is 23.1 Å². The molecule has 2 aromatic carbocycles. The summed E-state index contributed by atoms with van der Waals surface area (Å²) in [6.45, 7) is -0.336. The van der Waals surface area contributed by atoms with Gasteiger partial charge in [-0.2, -0.15) is 0 Å². The standard InChI is InChI=1S/C15H10BrF2NO2/c16-10-6-11(17)14(12(18)7-10)15(21)19-8-13(20)9-4-2-1-3-5-9/h1-7H,8H2,(H,19,21). The minimum absolute atomic E-state index is 0.189. The van der Waals surface area contributed by atoms with Crippen LogP contribution in [0.4, 0.5) is 8.78 Å². The number of Topliss-reactive ketones (excluding diaryl/α,β-unsaturated/α-hetero) is 1. The number of carbonyl (C=O) groups excluding carboxylic acids is 2. The molecule has 0 saturated heterocycles. The molecule has 0 radical (unpaired) electrons. The Labute approximate surface area is 128 Å². The molecule has 0 spiro atoms. The Morgan fingerprint density at radius 3 is 2.19 bits per heavy atom. The van der Waals surface area contributed by atoms with E-state index in [-0.39, 0.29) is 16.8 Å². The summed E-state index contributed by atoms with van der Waals surface area (Å²) >= 11 is 2.92. The summed E-state index contributed by atoms with van der Waals surface area (Å²) in [6.07, 6.45) is 0. The molecule has 0 unspecified atom stereocenters. The summed E-state index contributed by atoms with van der Waals surface area (Å²) in [5, 5.41) is 2.21. The third-order valence-electron chi connectivity index (χ3n) is 2.74. The number of carbonyl (C=O) groups is 2. The lowest BCUT2D eigenvalue weighted by Gasteiger charge is -2.07. The van der Waals surface area contributed by atoms with Gasteiger partial charge in [0.1, 0.15) is 17.2 Å². The molecule has 0 fully saturated rings. The van der Waals surface area contributed by atoms with Crippen LogP contribution in [0.5, 0.6) is 0 Å². The first kappa shape index (κ1) is 15.3. The highest BCUT2D eigenvalue weighted by Crippen LogP contribution is 2.19. The zero-order valence-corrected chi connectivity index (χ0v) is 12.3. The molecule has 0 heterocycles. The van der Waals surface area contributed by atoms with E-state index in [1.165, 1.54) is 0 Å². The number of nitrogens with one attached hydrogen (secondary N) is 1. The maximum Gasteiger partial charge on any atom is 0.257 e. The van der Waals surface area contributed by atoms with Crippen LogP contribution in [0.3, 0.4) is 0 Å². The molecule has 0 bridgehead atoms. The molecule has 108 valence electrons. The van der Waals surface area contributed by atoms with Gasteiger partial charge >= 0.3 is 0 Å². The average molecular weight is 354 g/mol. The van der Waals surface area contributed by atoms with Gasteiger partial charge < -0.3 is 5.32 Å². The molecular formula is C15H10BrF2NO2. The second-order valence-electron chi connectivity index (χ2n) is 4.22. The Hall–Kier alpha value is -2.08. The third-order valence-corrected chi connectivity index (χ3v) is 3.20. The second-order valence-corrected chi connectivity index (χ2v) is 5.13. The molecule has 1 N–H and O–H groups in total. The van der Waals surface area contributed by atoms with E-state index in [0.717, 1.165) is 12.1 Å². The molecule has 0 aliphatic rings. The minimum Gasteiger partial charge on any atom is -0.344 e. The lowest BCUT2D eigenvalue weighted by molar-refractivity contribution is 0.0898. The second kappa shape index (κ2) is 6.58. The Balaban J connectivity index is 2.08. The Morgan fingerprint density at radius 2 is 1.62 bits per heavy atom. The van der Waals surface area contributed by atoms with Crippen molar-refractivity contribution in [2.24, 2.45) is 0 Å². The molecule has 21 heavy (non-hydrogen) atoms. The fourth-order valence-electron chi connectivity index (χ4n) is 1.73. The smallest absolute Gasteiger partial charge is 0.257 e. The van der Waals surface area contributed by atoms with E-state index in [1.54, 1.807) is 30.3 Å². The summed E-state index contributed by atoms with van der Waals surface area (Å²) in [5.41, 5.74) is -0.298. The van der Waals surface area contributed by atoms with Crippen LogP contribution in [-0.2, 0) is 0 Å². The monoisotopic (exact) mass is 353 g/mol. The molecule has 0 atom stereocenters. The maximum atomic E-state index is 13.6. The molecular weight excluding hydrogens is 344 g/mol. The van der Waals surface area contributed by atoms with Crippen molar-refractivity contribution in [2.45, 2.75) is 0 Å². The van der Waals surface area contributed by atoms with E-state index in [2.05, 4.69) is 21.2 Å². The molecule has 2 rings (SSSR count). The van der Waals surface area contributed by atoms with Crippen molar-refractivity contribution in [1.29, 1.82) is 0 Å². The molecule has 0 aliphatic heterocycles. The van der Waals surface area contributed by atoms with Crippen molar-refractivity contribution in [2.75, 3.05) is 6.54 Å². The SMILES string of the molecule is O=C(CNC(=O)c1c(F)cc(Br)cc1F)c1ccccc1. The topological polar surface area (TPSA) is 46.2 Å². The van der Waals surface area contributed by atoms with Gasteiger partial charge in [0.25, 0.3) is 5.91 Å². The van der Waals surface area contributed by atoms with Crippen molar-refractivity contribution in [3.8, 4) is 0 Å². The molecule has 3 nitrogen and oxygen atoms in total. The van der Waals surface area contributed by atoms with E-state index in [4.69, 9.17) is 0 Å². The normalized spacial score (nSPS) is 10.2. The molecule has 2 aromatic rings. The van der Waals surface area contributed by atoms with E-state index >= 15 is 0 Å². The van der Waals surface area contributed by atoms with Gasteiger partial charge in [0.15, 0.2) is 5.78 Å². The summed E-state index contributed by atoms with van der Waals surface area (Å²) < 4.78 is 27.4. The quantitative estimate of drug-likeness (QED) is 0.857. The van der Waals surface area contributed by atoms with Crippen LogP contribution in [0.1, 0.15) is 20.7 Å². The predicted molar refractivity (Wildman–Crippen MR) is 77.2 cm³/mol. The van der Waals surface area contributed by atoms with E-state index in [0.29, 0.717) is 5.56 Å². The van der Waals surface area contributed by atoms with Crippen molar-refractivity contribution in [3.63, 3.8) is 0 Å². The Bertz CT molecular complexity index is 666. The molecule has 0 saturated carbocycles. The van der Waals surface area contributed by atoms with Crippen molar-refractivity contribution >= 4 is 27.6 Å². The fraction of sp³-hybridized carbons (Fsp3) is 0.0667. The van der Waals surface area contributed by atoms with Gasteiger partial charge in [-0.15, -0.1) is 0 Å². The number of amides is 1. The first-order chi connectivity index (χ1) is 9.99. The number of halogens is 3. The van der Waals surface area contributed by atoms with Gasteiger partial charge in [-0.25, -0.2) is 8.78 Å². The van der Waals surface area contributed by atoms with Crippen LogP contribution in [0.25, 0.3) is 0 Å². The number of hydrogen-bond donors (Lipinski definition) is 1. The van der Waals surface area contributed by atoms with Gasteiger partial charge in [-0.1, -0.05) is 46.3 Å². The van der Waals surface area contributed by atoms with Crippen LogP contribution in [-0.4, -0.2) is 18.2 Å². The zero-order chi connectivity index (χ0) is 15.4. The lowest BCUT2D eigenvalue weighted by atomic mass is 10.1. The summed E-state index contributed by atoms with van der Waals surface area (Å²) in [4.78, 5) is 23.6. The van der Waals surface area contributed by atoms with Gasteiger partial charge in [-0.3, -0.25) is 9.59 Å². The molecule has 0 aromatic heterocycles. The highest BCUT2D eigenvalue weighted by atomic mass is 79.9. The van der Waals surface area contributed by atoms with E-state index in [9.17, 15) is 18.4 Å². The molecule has 0 aliphatic carbocycles. The number of ketones is 1. The van der Waals surface area contributed by atoms with Gasteiger partial charge in [0.2, 0.25) is 0 Å². The highest BCUT2D eigenvalue weighted by molar-refractivity contribution is 9.10. The van der Waals surface area contributed by atoms with Crippen LogP contribution in [0, 0.1) is 11.6 Å². The van der Waals surface area contributed by atoms with E-state index in [1.807, 2.05) is 0 Å². The maximum absolute atomic E-state index is 13.6. The van der Waals surface area contributed by atoms with Crippen molar-refractivity contribution in [1.82, 2.24) is 5.32 Å². The largest absolute Gasteiger partial charge is 0.344 e. The minimum atomic E-state index is -0.994. The van der Waals surface area contributed by atoms with Crippen LogP contribution < -0.4 is 5.32 Å². The van der Waals surface area contributed by atoms with Gasteiger partial charge in [0.05, 0.1) is 6.54 Å². The first-order valence-electron chi connectivity index (χ1n) is 6.00. The Morgan fingerprint density at radius 1 is 1.05 bits per heavy atom.